The number of hydroxylamine groups is 1. The number of carbonyl (C=O) groups excluding carboxylic acids is 1. The zero-order valence-electron chi connectivity index (χ0n) is 10.6. The molecule has 0 saturated carbocycles. The predicted molar refractivity (Wildman–Crippen MR) is 63.5 cm³/mol. The van der Waals surface area contributed by atoms with Crippen molar-refractivity contribution in [3.05, 3.63) is 35.4 Å². The van der Waals surface area contributed by atoms with Gasteiger partial charge in [0.15, 0.2) is 0 Å². The highest BCUT2D eigenvalue weighted by Gasteiger charge is 2.30. The minimum absolute atomic E-state index is 0.179. The fraction of sp³-hybridized carbons (Fsp3) is 0.273. The molecule has 0 radical (unpaired) electrons. The standard InChI is InChI=1S/C11H12F3N3O3/c1-19-16-10(17-20-2)15-9(18)7-4-3-5-8(6-7)11(12,13)14/h3-6H,1-2H3,(H2,15,16,17,18). The number of oxime groups is 1. The summed E-state index contributed by atoms with van der Waals surface area (Å²) in [7, 11) is 2.50. The van der Waals surface area contributed by atoms with Gasteiger partial charge in [0.25, 0.3) is 11.9 Å². The molecule has 1 amide bonds. The van der Waals surface area contributed by atoms with Gasteiger partial charge in [-0.05, 0) is 23.4 Å². The Labute approximate surface area is 112 Å². The van der Waals surface area contributed by atoms with Crippen molar-refractivity contribution in [3.8, 4) is 0 Å². The highest BCUT2D eigenvalue weighted by Crippen LogP contribution is 2.29. The van der Waals surface area contributed by atoms with Gasteiger partial charge in [0, 0.05) is 5.56 Å². The number of amides is 1. The monoisotopic (exact) mass is 291 g/mol. The van der Waals surface area contributed by atoms with Crippen LogP contribution in [0.1, 0.15) is 15.9 Å². The lowest BCUT2D eigenvalue weighted by molar-refractivity contribution is -0.137. The zero-order valence-corrected chi connectivity index (χ0v) is 10.6. The van der Waals surface area contributed by atoms with E-state index in [1.807, 2.05) is 0 Å². The second-order valence-corrected chi connectivity index (χ2v) is 3.46. The van der Waals surface area contributed by atoms with Crippen LogP contribution in [0.25, 0.3) is 0 Å². The summed E-state index contributed by atoms with van der Waals surface area (Å²) in [4.78, 5) is 20.7. The van der Waals surface area contributed by atoms with Crippen LogP contribution in [-0.2, 0) is 15.9 Å². The number of carbonyl (C=O) groups is 1. The first kappa shape index (κ1) is 15.8. The Bertz CT molecular complexity index is 503. The molecule has 0 aliphatic heterocycles. The summed E-state index contributed by atoms with van der Waals surface area (Å²) in [6.07, 6.45) is -4.52. The molecule has 1 rings (SSSR count). The molecule has 6 nitrogen and oxygen atoms in total. The molecule has 0 fully saturated rings. The Morgan fingerprint density at radius 3 is 2.55 bits per heavy atom. The first-order valence-corrected chi connectivity index (χ1v) is 5.27. The molecule has 0 spiro atoms. The van der Waals surface area contributed by atoms with Crippen LogP contribution in [0, 0.1) is 0 Å². The summed E-state index contributed by atoms with van der Waals surface area (Å²) < 4.78 is 37.6. The molecule has 110 valence electrons. The quantitative estimate of drug-likeness (QED) is 0.503. The Morgan fingerprint density at radius 1 is 1.30 bits per heavy atom. The number of rotatable bonds is 3. The van der Waals surface area contributed by atoms with Gasteiger partial charge in [-0.15, -0.1) is 0 Å². The molecule has 9 heteroatoms. The Morgan fingerprint density at radius 2 is 2.00 bits per heavy atom. The summed E-state index contributed by atoms with van der Waals surface area (Å²) >= 11 is 0. The lowest BCUT2D eigenvalue weighted by Crippen LogP contribution is -2.40. The number of hydrogen-bond acceptors (Lipinski definition) is 4. The highest BCUT2D eigenvalue weighted by molar-refractivity contribution is 6.05. The molecule has 0 bridgehead atoms. The summed E-state index contributed by atoms with van der Waals surface area (Å²) in [5.74, 6) is -0.992. The largest absolute Gasteiger partial charge is 0.416 e. The summed E-state index contributed by atoms with van der Waals surface area (Å²) in [5, 5.41) is 5.57. The van der Waals surface area contributed by atoms with Crippen LogP contribution in [0.15, 0.2) is 29.4 Å². The van der Waals surface area contributed by atoms with Gasteiger partial charge >= 0.3 is 6.18 Å². The predicted octanol–water partition coefficient (Wildman–Crippen LogP) is 1.50. The number of nitrogens with zero attached hydrogens (tertiary/aromatic N) is 1. The molecule has 2 N–H and O–H groups in total. The number of halogens is 3. The van der Waals surface area contributed by atoms with Gasteiger partial charge in [-0.25, -0.2) is 5.48 Å². The molecule has 1 aromatic rings. The molecule has 0 unspecified atom stereocenters. The fourth-order valence-corrected chi connectivity index (χ4v) is 1.27. The van der Waals surface area contributed by atoms with Crippen LogP contribution in [0.3, 0.4) is 0 Å². The van der Waals surface area contributed by atoms with E-state index in [0.29, 0.717) is 0 Å². The molecule has 0 aromatic heterocycles. The Hall–Kier alpha value is -2.29. The third kappa shape index (κ3) is 4.43. The Balaban J connectivity index is 2.90. The number of alkyl halides is 3. The van der Waals surface area contributed by atoms with Crippen molar-refractivity contribution < 1.29 is 27.6 Å². The molecule has 0 aliphatic rings. The molecular formula is C11H12F3N3O3. The molecule has 1 aromatic carbocycles. The average Bonchev–Trinajstić information content (AvgIpc) is 2.38. The van der Waals surface area contributed by atoms with E-state index < -0.39 is 17.6 Å². The van der Waals surface area contributed by atoms with Crippen molar-refractivity contribution in [1.29, 1.82) is 0 Å². The van der Waals surface area contributed by atoms with Crippen molar-refractivity contribution in [3.63, 3.8) is 0 Å². The van der Waals surface area contributed by atoms with E-state index >= 15 is 0 Å². The van der Waals surface area contributed by atoms with Gasteiger partial charge < -0.3 is 4.84 Å². The van der Waals surface area contributed by atoms with Gasteiger partial charge in [0.1, 0.15) is 7.11 Å². The third-order valence-electron chi connectivity index (χ3n) is 2.07. The number of hydrogen-bond donors (Lipinski definition) is 2. The topological polar surface area (TPSA) is 71.9 Å². The molecule has 0 atom stereocenters. The minimum atomic E-state index is -4.52. The van der Waals surface area contributed by atoms with E-state index in [1.165, 1.54) is 20.3 Å². The second-order valence-electron chi connectivity index (χ2n) is 3.46. The van der Waals surface area contributed by atoms with Crippen molar-refractivity contribution in [2.24, 2.45) is 5.16 Å². The van der Waals surface area contributed by atoms with Gasteiger partial charge in [-0.1, -0.05) is 6.07 Å². The maximum absolute atomic E-state index is 12.5. The molecule has 0 aliphatic carbocycles. The highest BCUT2D eigenvalue weighted by atomic mass is 19.4. The van der Waals surface area contributed by atoms with Gasteiger partial charge in [0.2, 0.25) is 0 Å². The van der Waals surface area contributed by atoms with Gasteiger partial charge in [-0.2, -0.15) is 13.2 Å². The van der Waals surface area contributed by atoms with Gasteiger partial charge in [-0.3, -0.25) is 14.9 Å². The fourth-order valence-electron chi connectivity index (χ4n) is 1.27. The van der Waals surface area contributed by atoms with Crippen LogP contribution < -0.4 is 10.8 Å². The van der Waals surface area contributed by atoms with Crippen LogP contribution in [0.4, 0.5) is 13.2 Å². The summed E-state index contributed by atoms with van der Waals surface area (Å²) in [6.45, 7) is 0. The normalized spacial score (nSPS) is 11.9. The third-order valence-corrected chi connectivity index (χ3v) is 2.07. The molecule has 0 heterocycles. The van der Waals surface area contributed by atoms with Gasteiger partial charge in [0.05, 0.1) is 12.7 Å². The zero-order chi connectivity index (χ0) is 15.2. The number of benzene rings is 1. The lowest BCUT2D eigenvalue weighted by atomic mass is 10.1. The van der Waals surface area contributed by atoms with Crippen molar-refractivity contribution >= 4 is 11.9 Å². The minimum Gasteiger partial charge on any atom is -0.396 e. The molecule has 20 heavy (non-hydrogen) atoms. The second kappa shape index (κ2) is 6.75. The van der Waals surface area contributed by atoms with Crippen LogP contribution >= 0.6 is 0 Å². The average molecular weight is 291 g/mol. The summed E-state index contributed by atoms with van der Waals surface area (Å²) in [5.41, 5.74) is 1.10. The van der Waals surface area contributed by atoms with Crippen molar-refractivity contribution in [2.45, 2.75) is 6.18 Å². The molecule has 0 saturated heterocycles. The van der Waals surface area contributed by atoms with E-state index in [2.05, 4.69) is 25.6 Å². The number of nitrogens with one attached hydrogen (secondary N) is 2. The lowest BCUT2D eigenvalue weighted by Gasteiger charge is -2.10. The van der Waals surface area contributed by atoms with E-state index in [9.17, 15) is 18.0 Å². The van der Waals surface area contributed by atoms with E-state index in [0.717, 1.165) is 18.2 Å². The number of guanidine groups is 1. The smallest absolute Gasteiger partial charge is 0.396 e. The van der Waals surface area contributed by atoms with Crippen LogP contribution in [0.5, 0.6) is 0 Å². The van der Waals surface area contributed by atoms with E-state index in [4.69, 9.17) is 0 Å². The first-order chi connectivity index (χ1) is 9.38. The maximum Gasteiger partial charge on any atom is 0.416 e. The van der Waals surface area contributed by atoms with Crippen LogP contribution in [-0.4, -0.2) is 26.1 Å². The van der Waals surface area contributed by atoms with Crippen molar-refractivity contribution in [2.75, 3.05) is 14.2 Å². The van der Waals surface area contributed by atoms with Crippen LogP contribution in [0.2, 0.25) is 0 Å². The van der Waals surface area contributed by atoms with E-state index in [1.54, 1.807) is 0 Å². The van der Waals surface area contributed by atoms with Crippen molar-refractivity contribution in [1.82, 2.24) is 10.8 Å². The Kier molecular flexibility index (Phi) is 5.32. The first-order valence-electron chi connectivity index (χ1n) is 5.27. The maximum atomic E-state index is 12.5. The SMILES string of the molecule is CON=C(NOC)NC(=O)c1cccc(C(F)(F)F)c1. The molecular weight excluding hydrogens is 279 g/mol. The summed E-state index contributed by atoms with van der Waals surface area (Å²) in [6, 6.07) is 3.97. The van der Waals surface area contributed by atoms with E-state index in [-0.39, 0.29) is 11.5 Å².